The number of nitrogens with one attached hydrogen (secondary N) is 1. The van der Waals surface area contributed by atoms with Crippen molar-refractivity contribution < 1.29 is 32.9 Å². The van der Waals surface area contributed by atoms with Gasteiger partial charge in [-0.15, -0.1) is 0 Å². The molecule has 3 N–H and O–H groups in total. The number of aliphatic hydroxyl groups is 1. The average Bonchev–Trinajstić information content (AvgIpc) is 3.42. The van der Waals surface area contributed by atoms with E-state index in [9.17, 15) is 19.4 Å². The lowest BCUT2D eigenvalue weighted by molar-refractivity contribution is -0.870. The molecule has 1 amide bonds. The van der Waals surface area contributed by atoms with Gasteiger partial charge in [0.25, 0.3) is 0 Å². The largest absolute Gasteiger partial charge is 0.472 e. The van der Waals surface area contributed by atoms with Gasteiger partial charge in [-0.3, -0.25) is 13.8 Å². The monoisotopic (exact) mass is 1120 g/mol. The van der Waals surface area contributed by atoms with E-state index in [0.717, 1.165) is 109 Å². The highest BCUT2D eigenvalue weighted by atomic mass is 31.2. The lowest BCUT2D eigenvalue weighted by Crippen LogP contribution is -2.45. The van der Waals surface area contributed by atoms with Gasteiger partial charge in [0.05, 0.1) is 39.9 Å². The van der Waals surface area contributed by atoms with Crippen LogP contribution in [0.3, 0.4) is 0 Å². The molecule has 0 saturated carbocycles. The highest BCUT2D eigenvalue weighted by Crippen LogP contribution is 2.43. The fraction of sp³-hybridized carbons (Fsp3) is 0.671. The maximum absolute atomic E-state index is 13.0. The number of hydrogen-bond donors (Lipinski definition) is 3. The van der Waals surface area contributed by atoms with Crippen LogP contribution in [0.1, 0.15) is 251 Å². The molecule has 0 saturated heterocycles. The van der Waals surface area contributed by atoms with Crippen molar-refractivity contribution in [2.45, 2.75) is 264 Å². The number of carbonyl (C=O) groups excluding carboxylic acids is 1. The van der Waals surface area contributed by atoms with Crippen LogP contribution in [0.4, 0.5) is 0 Å². The summed E-state index contributed by atoms with van der Waals surface area (Å²) in [7, 11) is 1.51. The predicted molar refractivity (Wildman–Crippen MR) is 345 cm³/mol. The highest BCUT2D eigenvalue weighted by molar-refractivity contribution is 7.47. The summed E-state index contributed by atoms with van der Waals surface area (Å²) < 4.78 is 23.7. The Balaban J connectivity index is 4.32. The van der Waals surface area contributed by atoms with Gasteiger partial charge in [0.1, 0.15) is 13.2 Å². The first-order valence-corrected chi connectivity index (χ1v) is 33.6. The summed E-state index contributed by atoms with van der Waals surface area (Å²) in [5.74, 6) is -0.220. The number of carbonyl (C=O) groups is 1. The summed E-state index contributed by atoms with van der Waals surface area (Å²) in [6.07, 6.45) is 90.1. The van der Waals surface area contributed by atoms with Crippen molar-refractivity contribution in [3.05, 3.63) is 134 Å². The van der Waals surface area contributed by atoms with Crippen molar-refractivity contribution in [1.29, 1.82) is 0 Å². The number of nitrogens with zero attached hydrogens (tertiary/aromatic N) is 1. The molecule has 0 radical (unpaired) electrons. The molecule has 0 aromatic rings. The van der Waals surface area contributed by atoms with Crippen LogP contribution in [0.5, 0.6) is 0 Å². The molecule has 0 aromatic heterocycles. The maximum atomic E-state index is 13.0. The van der Waals surface area contributed by atoms with Crippen LogP contribution < -0.4 is 5.32 Å². The van der Waals surface area contributed by atoms with Crippen LogP contribution >= 0.6 is 7.82 Å². The predicted octanol–water partition coefficient (Wildman–Crippen LogP) is 20.3. The minimum absolute atomic E-state index is 0.0404. The molecular weight excluding hydrogens is 996 g/mol. The third-order valence-electron chi connectivity index (χ3n) is 13.6. The molecule has 0 aliphatic rings. The molecule has 0 rings (SSSR count). The first-order valence-electron chi connectivity index (χ1n) is 32.1. The molecule has 79 heavy (non-hydrogen) atoms. The van der Waals surface area contributed by atoms with Crippen molar-refractivity contribution >= 4 is 13.7 Å². The van der Waals surface area contributed by atoms with Gasteiger partial charge >= 0.3 is 7.82 Å². The lowest BCUT2D eigenvalue weighted by Gasteiger charge is -2.25. The van der Waals surface area contributed by atoms with Crippen LogP contribution in [-0.2, 0) is 18.4 Å². The van der Waals surface area contributed by atoms with Crippen LogP contribution in [-0.4, -0.2) is 73.4 Å². The fourth-order valence-electron chi connectivity index (χ4n) is 8.62. The number of hydrogen-bond acceptors (Lipinski definition) is 5. The summed E-state index contributed by atoms with van der Waals surface area (Å²) in [4.78, 5) is 23.4. The topological polar surface area (TPSA) is 105 Å². The molecule has 3 atom stereocenters. The minimum atomic E-state index is -4.38. The van der Waals surface area contributed by atoms with E-state index < -0.39 is 20.0 Å². The SMILES string of the molecule is CC/C=C\C/C=C\C/C=C\C/C=C\C/C=C\C/C=C\C/C=C\C/C=C\CCCCCCC(=O)NC(COP(=O)(O)OCC[N+](C)(C)C)C(O)/C=C/CC/C=C/CC/C=C/CCCCCCCCCCCCCCCCCCCC. The van der Waals surface area contributed by atoms with E-state index in [0.29, 0.717) is 17.4 Å². The standard InChI is InChI=1S/C70H121N2O6P/c1-6-8-10-12-14-16-18-20-22-24-26-28-30-32-34-36-38-40-42-44-46-48-50-52-54-56-58-60-62-64-70(74)71-68(67-78-79(75,76)77-66-65-72(3,4)5)69(73)63-61-59-57-55-53-51-49-47-45-43-41-39-37-35-33-31-29-27-25-23-21-19-17-15-13-11-9-7-2/h8,10,14,16,20,22,26,28,32,34,38,40,44-47,50,52-53,55,61,63,68-69,73H,6-7,9,11-13,15,17-19,21,23-25,27,29-31,33,35-37,39,41-43,48-49,51,54,56-60,62,64-67H2,1-5H3,(H-,71,74,75,76)/p+1/b10-8-,16-14-,22-20-,28-26-,34-32-,40-38-,46-44-,47-45+,52-50-,55-53+,63-61+. The number of amides is 1. The lowest BCUT2D eigenvalue weighted by atomic mass is 10.0. The Labute approximate surface area is 487 Å². The molecule has 0 fully saturated rings. The number of allylic oxidation sites excluding steroid dienone is 21. The van der Waals surface area contributed by atoms with E-state index in [-0.39, 0.29) is 19.1 Å². The van der Waals surface area contributed by atoms with Crippen molar-refractivity contribution in [3.63, 3.8) is 0 Å². The number of aliphatic hydroxyl groups excluding tert-OH is 1. The summed E-state index contributed by atoms with van der Waals surface area (Å²) >= 11 is 0. The van der Waals surface area contributed by atoms with Crippen molar-refractivity contribution in [2.24, 2.45) is 0 Å². The molecule has 9 heteroatoms. The molecule has 452 valence electrons. The summed E-state index contributed by atoms with van der Waals surface area (Å²) in [5.41, 5.74) is 0. The summed E-state index contributed by atoms with van der Waals surface area (Å²) in [6.45, 7) is 4.65. The Kier molecular flexibility index (Phi) is 56.7. The molecule has 8 nitrogen and oxygen atoms in total. The molecular formula is C70H122N2O6P+. The normalized spacial score (nSPS) is 14.7. The molecule has 0 heterocycles. The second-order valence-electron chi connectivity index (χ2n) is 22.4. The zero-order valence-electron chi connectivity index (χ0n) is 51.6. The van der Waals surface area contributed by atoms with Gasteiger partial charge in [-0.25, -0.2) is 4.57 Å². The number of unbranched alkanes of at least 4 members (excludes halogenated alkanes) is 24. The second kappa shape index (κ2) is 59.3. The van der Waals surface area contributed by atoms with E-state index in [4.69, 9.17) is 9.05 Å². The Hall–Kier alpha value is -3.36. The van der Waals surface area contributed by atoms with Gasteiger partial charge in [0.2, 0.25) is 5.91 Å². The van der Waals surface area contributed by atoms with Gasteiger partial charge in [-0.2, -0.15) is 0 Å². The second-order valence-corrected chi connectivity index (χ2v) is 23.8. The van der Waals surface area contributed by atoms with Crippen LogP contribution in [0, 0.1) is 0 Å². The third kappa shape index (κ3) is 62.1. The number of quaternary nitrogens is 1. The van der Waals surface area contributed by atoms with E-state index in [1.807, 2.05) is 27.2 Å². The molecule has 3 unspecified atom stereocenters. The van der Waals surface area contributed by atoms with Crippen LogP contribution in [0.25, 0.3) is 0 Å². The highest BCUT2D eigenvalue weighted by Gasteiger charge is 2.27. The summed E-state index contributed by atoms with van der Waals surface area (Å²) in [5, 5.41) is 13.9. The molecule has 0 spiro atoms. The van der Waals surface area contributed by atoms with Gasteiger partial charge in [-0.05, 0) is 109 Å². The van der Waals surface area contributed by atoms with E-state index >= 15 is 0 Å². The number of rotatable bonds is 57. The number of phosphoric acid groups is 1. The van der Waals surface area contributed by atoms with E-state index in [1.165, 1.54) is 122 Å². The summed E-state index contributed by atoms with van der Waals surface area (Å²) in [6, 6.07) is -0.896. The van der Waals surface area contributed by atoms with Gasteiger partial charge in [-0.1, -0.05) is 270 Å². The van der Waals surface area contributed by atoms with E-state index in [2.05, 4.69) is 141 Å². The van der Waals surface area contributed by atoms with Crippen molar-refractivity contribution in [1.82, 2.24) is 5.32 Å². The zero-order valence-corrected chi connectivity index (χ0v) is 52.5. The zero-order chi connectivity index (χ0) is 57.7. The Morgan fingerprint density at radius 3 is 1.16 bits per heavy atom. The Bertz CT molecular complexity index is 1750. The Morgan fingerprint density at radius 1 is 0.443 bits per heavy atom. The van der Waals surface area contributed by atoms with Gasteiger partial charge in [0.15, 0.2) is 0 Å². The number of phosphoric ester groups is 1. The van der Waals surface area contributed by atoms with E-state index in [1.54, 1.807) is 6.08 Å². The number of likely N-dealkylation sites (N-methyl/N-ethyl adjacent to an activating group) is 1. The van der Waals surface area contributed by atoms with Crippen molar-refractivity contribution in [2.75, 3.05) is 40.9 Å². The van der Waals surface area contributed by atoms with Gasteiger partial charge in [0, 0.05) is 6.42 Å². The maximum Gasteiger partial charge on any atom is 0.472 e. The molecule has 0 aliphatic heterocycles. The van der Waals surface area contributed by atoms with Gasteiger partial charge < -0.3 is 19.8 Å². The minimum Gasteiger partial charge on any atom is -0.387 e. The quantitative estimate of drug-likeness (QED) is 0.0243. The average molecular weight is 1120 g/mol. The molecule has 0 aliphatic carbocycles. The van der Waals surface area contributed by atoms with Crippen LogP contribution in [0.15, 0.2) is 134 Å². The van der Waals surface area contributed by atoms with Crippen LogP contribution in [0.2, 0.25) is 0 Å². The Morgan fingerprint density at radius 2 is 0.772 bits per heavy atom. The fourth-order valence-corrected chi connectivity index (χ4v) is 9.36. The molecule has 0 aromatic carbocycles. The van der Waals surface area contributed by atoms with Crippen molar-refractivity contribution in [3.8, 4) is 0 Å². The first-order chi connectivity index (χ1) is 38.5. The first kappa shape index (κ1) is 75.6. The third-order valence-corrected chi connectivity index (χ3v) is 14.6. The smallest absolute Gasteiger partial charge is 0.387 e. The molecule has 0 bridgehead atoms.